The highest BCUT2D eigenvalue weighted by Gasteiger charge is 2.52. The van der Waals surface area contributed by atoms with Crippen LogP contribution >= 0.6 is 0 Å². The van der Waals surface area contributed by atoms with Crippen molar-refractivity contribution in [2.45, 2.75) is 42.4 Å². The molecule has 4 rings (SSSR count). The van der Waals surface area contributed by atoms with Crippen LogP contribution in [0.4, 0.5) is 37.7 Å². The standard InChI is InChI=1S/C33H30F6N4O20S2/c1-56-24-10-18(28(44)40-14-16(8-22(40)30(46)58-3)62-64(52,53)32(34,35)36)20(42(48)49)12-26(24)60-6-5-7-61-27-13-21(43(50)51)19(11-25(27)57-2)29(45)41-15-17(9-23(41)31(47)59-4)63-65(54,55)33(37,38)39/h10-15,22-23H,5-9H2,1-4H3/t22-,23-/m0/s1. The third-order valence-electron chi connectivity index (χ3n) is 8.66. The molecule has 2 atom stereocenters. The molecule has 356 valence electrons. The largest absolute Gasteiger partial charge is 0.534 e. The van der Waals surface area contributed by atoms with E-state index in [2.05, 4.69) is 17.8 Å². The van der Waals surface area contributed by atoms with E-state index in [1.54, 1.807) is 0 Å². The summed E-state index contributed by atoms with van der Waals surface area (Å²) in [7, 11) is -8.78. The zero-order chi connectivity index (χ0) is 49.0. The highest BCUT2D eigenvalue weighted by Crippen LogP contribution is 2.40. The van der Waals surface area contributed by atoms with E-state index in [0.717, 1.165) is 40.6 Å². The van der Waals surface area contributed by atoms with Crippen molar-refractivity contribution in [3.05, 3.63) is 79.5 Å². The van der Waals surface area contributed by atoms with Gasteiger partial charge < -0.3 is 36.8 Å². The van der Waals surface area contributed by atoms with Crippen molar-refractivity contribution in [3.8, 4) is 23.0 Å². The quantitative estimate of drug-likeness (QED) is 0.0392. The number of nitro benzene ring substituents is 2. The molecule has 2 aliphatic rings. The molecular weight excluding hydrogens is 950 g/mol. The van der Waals surface area contributed by atoms with Crippen molar-refractivity contribution < 1.29 is 109 Å². The van der Waals surface area contributed by atoms with Gasteiger partial charge in [-0.1, -0.05) is 0 Å². The molecule has 32 heteroatoms. The molecule has 0 aliphatic carbocycles. The Hall–Kier alpha value is -7.12. The molecule has 0 aromatic heterocycles. The van der Waals surface area contributed by atoms with Gasteiger partial charge in [0.1, 0.15) is 34.7 Å². The van der Waals surface area contributed by atoms with E-state index in [0.29, 0.717) is 34.3 Å². The first kappa shape index (κ1) is 50.5. The zero-order valence-corrected chi connectivity index (χ0v) is 34.8. The molecule has 0 saturated heterocycles. The number of ether oxygens (including phenoxy) is 6. The fraction of sp³-hybridized carbons (Fsp3) is 0.394. The molecule has 65 heavy (non-hydrogen) atoms. The van der Waals surface area contributed by atoms with Gasteiger partial charge in [0.15, 0.2) is 23.0 Å². The van der Waals surface area contributed by atoms with E-state index in [9.17, 15) is 82.6 Å². The number of halogens is 6. The van der Waals surface area contributed by atoms with Crippen LogP contribution in [0, 0.1) is 20.2 Å². The second kappa shape index (κ2) is 19.3. The third kappa shape index (κ3) is 11.0. The van der Waals surface area contributed by atoms with E-state index < -0.39 is 124 Å². The highest BCUT2D eigenvalue weighted by atomic mass is 32.2. The van der Waals surface area contributed by atoms with E-state index >= 15 is 0 Å². The number of carbonyl (C=O) groups excluding carboxylic acids is 4. The monoisotopic (exact) mass is 980 g/mol. The van der Waals surface area contributed by atoms with Gasteiger partial charge in [-0.15, -0.1) is 0 Å². The smallest absolute Gasteiger partial charge is 0.493 e. The summed E-state index contributed by atoms with van der Waals surface area (Å²) in [5, 5.41) is 24.2. The second-order valence-corrected chi connectivity index (χ2v) is 15.7. The fourth-order valence-corrected chi connectivity index (χ4v) is 6.69. The molecule has 0 N–H and O–H groups in total. The molecule has 2 aromatic carbocycles. The molecule has 2 aromatic rings. The Kier molecular flexibility index (Phi) is 15.0. The van der Waals surface area contributed by atoms with Gasteiger partial charge in [0.25, 0.3) is 23.2 Å². The summed E-state index contributed by atoms with van der Waals surface area (Å²) in [5.74, 6) is -8.90. The number of esters is 2. The Labute approximate surface area is 360 Å². The van der Waals surface area contributed by atoms with Gasteiger partial charge in [-0.25, -0.2) is 9.59 Å². The van der Waals surface area contributed by atoms with Crippen LogP contribution in [0.2, 0.25) is 0 Å². The lowest BCUT2D eigenvalue weighted by molar-refractivity contribution is -0.385. The van der Waals surface area contributed by atoms with Crippen molar-refractivity contribution >= 4 is 55.4 Å². The normalized spacial score (nSPS) is 16.5. The molecule has 0 spiro atoms. The molecule has 0 fully saturated rings. The van der Waals surface area contributed by atoms with Gasteiger partial charge in [0.2, 0.25) is 0 Å². The number of hydrogen-bond acceptors (Lipinski definition) is 20. The lowest BCUT2D eigenvalue weighted by Gasteiger charge is -2.21. The van der Waals surface area contributed by atoms with Crippen molar-refractivity contribution in [2.24, 2.45) is 0 Å². The first-order valence-electron chi connectivity index (χ1n) is 17.3. The zero-order valence-electron chi connectivity index (χ0n) is 33.2. The molecule has 0 radical (unpaired) electrons. The van der Waals surface area contributed by atoms with Crippen molar-refractivity contribution in [1.29, 1.82) is 0 Å². The van der Waals surface area contributed by atoms with Crippen LogP contribution in [0.15, 0.2) is 48.2 Å². The molecular formula is C33H30F6N4O20S2. The summed E-state index contributed by atoms with van der Waals surface area (Å²) in [6.07, 6.45) is -1.19. The maximum atomic E-state index is 13.6. The van der Waals surface area contributed by atoms with Gasteiger partial charge in [0.05, 0.1) is 63.6 Å². The number of alkyl halides is 6. The predicted molar refractivity (Wildman–Crippen MR) is 196 cm³/mol. The van der Waals surface area contributed by atoms with Gasteiger partial charge in [-0.05, 0) is 0 Å². The fourth-order valence-electron chi connectivity index (χ4n) is 5.72. The molecule has 0 bridgehead atoms. The minimum absolute atomic E-state index is 0.138. The lowest BCUT2D eigenvalue weighted by Crippen LogP contribution is -2.39. The molecule has 24 nitrogen and oxygen atoms in total. The highest BCUT2D eigenvalue weighted by molar-refractivity contribution is 7.88. The molecule has 0 unspecified atom stereocenters. The van der Waals surface area contributed by atoms with E-state index in [4.69, 9.17) is 18.9 Å². The lowest BCUT2D eigenvalue weighted by atomic mass is 10.1. The van der Waals surface area contributed by atoms with Crippen LogP contribution in [0.25, 0.3) is 0 Å². The number of methoxy groups -OCH3 is 4. The van der Waals surface area contributed by atoms with Crippen LogP contribution in [-0.4, -0.2) is 125 Å². The Balaban J connectivity index is 1.54. The summed E-state index contributed by atoms with van der Waals surface area (Å²) in [6, 6.07) is -0.712. The number of amides is 2. The van der Waals surface area contributed by atoms with Gasteiger partial charge in [-0.2, -0.15) is 43.2 Å². The maximum Gasteiger partial charge on any atom is 0.534 e. The number of rotatable bonds is 18. The van der Waals surface area contributed by atoms with Crippen LogP contribution in [0.3, 0.4) is 0 Å². The van der Waals surface area contributed by atoms with Crippen molar-refractivity contribution in [3.63, 3.8) is 0 Å². The topological polar surface area (TPSA) is 303 Å². The summed E-state index contributed by atoms with van der Waals surface area (Å²) in [4.78, 5) is 74.8. The number of benzene rings is 2. The van der Waals surface area contributed by atoms with Crippen LogP contribution in [0.5, 0.6) is 23.0 Å². The Morgan fingerprint density at radius 2 is 0.969 bits per heavy atom. The van der Waals surface area contributed by atoms with E-state index in [1.165, 1.54) is 0 Å². The first-order valence-corrected chi connectivity index (χ1v) is 20.2. The third-order valence-corrected chi connectivity index (χ3v) is 10.7. The van der Waals surface area contributed by atoms with Gasteiger partial charge in [-0.3, -0.25) is 39.6 Å². The maximum absolute atomic E-state index is 13.6. The SMILES string of the molecule is COC(=O)[C@@H]1CC(OS(=O)(=O)C(F)(F)F)=CN1C(=O)c1cc(OC)c(OCCCOc2cc([N+](=O)[O-])c(C(=O)N3C=C(OS(=O)(=O)C(F)(F)F)C[C@H]3C(=O)OC)cc2OC)cc1[N+](=O)[O-]. The summed E-state index contributed by atoms with van der Waals surface area (Å²) >= 11 is 0. The molecule has 2 amide bonds. The molecule has 2 aliphatic heterocycles. The number of carbonyl (C=O) groups is 4. The summed E-state index contributed by atoms with van der Waals surface area (Å²) < 4.78 is 163. The Bertz CT molecular complexity index is 2390. The first-order chi connectivity index (χ1) is 30.1. The summed E-state index contributed by atoms with van der Waals surface area (Å²) in [5.41, 5.74) is -15.5. The van der Waals surface area contributed by atoms with Crippen molar-refractivity contribution in [1.82, 2.24) is 9.80 Å². The predicted octanol–water partition coefficient (Wildman–Crippen LogP) is 3.56. The number of nitrogens with zero attached hydrogens (tertiary/aromatic N) is 4. The average Bonchev–Trinajstić information content (AvgIpc) is 3.84. The average molecular weight is 981 g/mol. The number of hydrogen-bond donors (Lipinski definition) is 0. The Morgan fingerprint density at radius 3 is 1.25 bits per heavy atom. The van der Waals surface area contributed by atoms with Gasteiger partial charge >= 0.3 is 43.2 Å². The Morgan fingerprint density at radius 1 is 0.631 bits per heavy atom. The van der Waals surface area contributed by atoms with Crippen LogP contribution < -0.4 is 18.9 Å². The minimum atomic E-state index is -6.27. The van der Waals surface area contributed by atoms with Gasteiger partial charge in [0, 0.05) is 43.8 Å². The van der Waals surface area contributed by atoms with Crippen LogP contribution in [0.1, 0.15) is 40.0 Å². The summed E-state index contributed by atoms with van der Waals surface area (Å²) in [6.45, 7) is -0.750. The van der Waals surface area contributed by atoms with Crippen molar-refractivity contribution in [2.75, 3.05) is 41.7 Å². The minimum Gasteiger partial charge on any atom is -0.493 e. The second-order valence-electron chi connectivity index (χ2n) is 12.7. The van der Waals surface area contributed by atoms with E-state index in [-0.39, 0.29) is 42.6 Å². The number of nitro groups is 2. The van der Waals surface area contributed by atoms with E-state index in [1.807, 2.05) is 0 Å². The molecule has 0 saturated carbocycles. The van der Waals surface area contributed by atoms with Crippen LogP contribution in [-0.2, 0) is 47.7 Å². The molecule has 2 heterocycles.